The van der Waals surface area contributed by atoms with Crippen LogP contribution in [-0.4, -0.2) is 33.7 Å². The second-order valence-electron chi connectivity index (χ2n) is 11.0. The number of fused-ring (bicyclic) bond motifs is 1. The second kappa shape index (κ2) is 13.0. The van der Waals surface area contributed by atoms with Crippen LogP contribution in [0.15, 0.2) is 77.6 Å². The zero-order valence-corrected chi connectivity index (χ0v) is 24.9. The molecule has 2 amide bonds. The first kappa shape index (κ1) is 29.6. The highest BCUT2D eigenvalue weighted by Crippen LogP contribution is 2.28. The van der Waals surface area contributed by atoms with Crippen molar-refractivity contribution in [3.05, 3.63) is 117 Å². The van der Waals surface area contributed by atoms with Crippen LogP contribution in [0.3, 0.4) is 0 Å². The van der Waals surface area contributed by atoms with Crippen LogP contribution in [0.25, 0.3) is 11.1 Å². The van der Waals surface area contributed by atoms with Crippen molar-refractivity contribution in [3.63, 3.8) is 0 Å². The summed E-state index contributed by atoms with van der Waals surface area (Å²) < 4.78 is 1.72. The van der Waals surface area contributed by atoms with E-state index >= 15 is 0 Å². The van der Waals surface area contributed by atoms with Crippen molar-refractivity contribution in [3.8, 4) is 11.1 Å². The average Bonchev–Trinajstić information content (AvgIpc) is 3.44. The third-order valence-corrected chi connectivity index (χ3v) is 7.92. The van der Waals surface area contributed by atoms with E-state index in [4.69, 9.17) is 10.4 Å². The van der Waals surface area contributed by atoms with E-state index in [1.807, 2.05) is 79.7 Å². The van der Waals surface area contributed by atoms with Gasteiger partial charge in [-0.1, -0.05) is 80.1 Å². The van der Waals surface area contributed by atoms with E-state index in [0.29, 0.717) is 36.3 Å². The summed E-state index contributed by atoms with van der Waals surface area (Å²) in [5, 5.41) is 10.9. The molecule has 0 fully saturated rings. The summed E-state index contributed by atoms with van der Waals surface area (Å²) in [6.07, 6.45) is 3.39. The lowest BCUT2D eigenvalue weighted by Crippen LogP contribution is -2.36. The van der Waals surface area contributed by atoms with Gasteiger partial charge in [0.2, 0.25) is 11.8 Å². The zero-order chi connectivity index (χ0) is 30.5. The van der Waals surface area contributed by atoms with Crippen LogP contribution in [0, 0.1) is 12.3 Å². The Morgan fingerprint density at radius 1 is 1.00 bits per heavy atom. The number of hydrogen-bond donors (Lipinski definition) is 2. The van der Waals surface area contributed by atoms with Gasteiger partial charge in [-0.05, 0) is 48.1 Å². The summed E-state index contributed by atoms with van der Waals surface area (Å²) in [7, 11) is 0. The Hall–Kier alpha value is -4.85. The van der Waals surface area contributed by atoms with Crippen molar-refractivity contribution < 1.29 is 9.59 Å². The molecule has 1 aliphatic heterocycles. The topological polar surface area (TPSA) is 108 Å². The van der Waals surface area contributed by atoms with E-state index in [-0.39, 0.29) is 29.6 Å². The lowest BCUT2D eigenvalue weighted by molar-refractivity contribution is -0.118. The molecule has 1 aliphatic rings. The van der Waals surface area contributed by atoms with Crippen LogP contribution in [-0.2, 0) is 35.4 Å². The number of hydrogen-bond acceptors (Lipinski definition) is 5. The monoisotopic (exact) mass is 575 g/mol. The molecular weight excluding hydrogens is 538 g/mol. The fourth-order valence-corrected chi connectivity index (χ4v) is 5.66. The molecule has 0 spiro atoms. The fourth-order valence-electron chi connectivity index (χ4n) is 5.66. The molecule has 8 heteroatoms. The van der Waals surface area contributed by atoms with Gasteiger partial charge in [-0.25, -0.2) is 4.98 Å². The molecule has 2 N–H and O–H groups in total. The number of benzene rings is 3. The summed E-state index contributed by atoms with van der Waals surface area (Å²) in [4.78, 5) is 45.5. The summed E-state index contributed by atoms with van der Waals surface area (Å²) in [5.41, 5.74) is 6.23. The number of amides is 2. The maximum absolute atomic E-state index is 14.0. The van der Waals surface area contributed by atoms with Gasteiger partial charge in [-0.3, -0.25) is 24.4 Å². The molecule has 4 aromatic rings. The number of rotatable bonds is 9. The van der Waals surface area contributed by atoms with Crippen LogP contribution < -0.4 is 15.8 Å². The third-order valence-electron chi connectivity index (χ3n) is 7.92. The number of aromatic nitrogens is 2. The Morgan fingerprint density at radius 3 is 2.47 bits per heavy atom. The molecule has 0 radical (unpaired) electrons. The summed E-state index contributed by atoms with van der Waals surface area (Å²) in [5.74, 6) is 0.389. The molecule has 8 nitrogen and oxygen atoms in total. The van der Waals surface area contributed by atoms with Crippen LogP contribution in [0.4, 0.5) is 5.69 Å². The van der Waals surface area contributed by atoms with Crippen molar-refractivity contribution in [1.82, 2.24) is 14.9 Å². The number of aryl methyl sites for hydroxylation is 2. The summed E-state index contributed by atoms with van der Waals surface area (Å²) >= 11 is 0. The van der Waals surface area contributed by atoms with E-state index in [2.05, 4.69) is 12.2 Å². The highest BCUT2D eigenvalue weighted by molar-refractivity contribution is 6.09. The normalized spacial score (nSPS) is 12.2. The molecule has 0 unspecified atom stereocenters. The molecule has 43 heavy (non-hydrogen) atoms. The molecule has 5 rings (SSSR count). The number of nitrogens with zero attached hydrogens (tertiary/aromatic N) is 3. The Morgan fingerprint density at radius 2 is 1.72 bits per heavy atom. The lowest BCUT2D eigenvalue weighted by Gasteiger charge is -2.19. The Kier molecular flexibility index (Phi) is 8.95. The Balaban J connectivity index is 1.43. The van der Waals surface area contributed by atoms with Crippen LogP contribution in [0.5, 0.6) is 0 Å². The van der Waals surface area contributed by atoms with E-state index in [1.54, 1.807) is 9.47 Å². The van der Waals surface area contributed by atoms with Crippen LogP contribution in [0.2, 0.25) is 0 Å². The summed E-state index contributed by atoms with van der Waals surface area (Å²) in [6.45, 7) is 6.27. The van der Waals surface area contributed by atoms with E-state index in [1.165, 1.54) is 6.92 Å². The minimum absolute atomic E-state index is 0.00996. The van der Waals surface area contributed by atoms with Gasteiger partial charge >= 0.3 is 0 Å². The first-order chi connectivity index (χ1) is 20.8. The van der Waals surface area contributed by atoms with Gasteiger partial charge in [0.25, 0.3) is 5.56 Å². The number of unbranched alkanes of at least 4 members (excludes halogenated alkanes) is 1. The smallest absolute Gasteiger partial charge is 0.257 e. The SMILES string of the molecule is CCCCc1nc(C)c(CC(=O)N2CCc3ccccc32)c(=O)n1Cc1ccc(-c2ccccc2C(=N)NC(C)=O)cc1. The van der Waals surface area contributed by atoms with Crippen molar-refractivity contribution in [1.29, 1.82) is 5.41 Å². The van der Waals surface area contributed by atoms with Gasteiger partial charge in [0, 0.05) is 42.4 Å². The van der Waals surface area contributed by atoms with Gasteiger partial charge in [-0.2, -0.15) is 0 Å². The minimum Gasteiger partial charge on any atom is -0.312 e. The minimum atomic E-state index is -0.294. The molecule has 220 valence electrons. The van der Waals surface area contributed by atoms with Crippen LogP contribution >= 0.6 is 0 Å². The molecule has 3 aromatic carbocycles. The number of nitrogens with one attached hydrogen (secondary N) is 2. The molecular formula is C35H37N5O3. The predicted molar refractivity (Wildman–Crippen MR) is 170 cm³/mol. The molecule has 0 saturated carbocycles. The molecule has 0 saturated heterocycles. The van der Waals surface area contributed by atoms with Crippen molar-refractivity contribution in [2.24, 2.45) is 0 Å². The molecule has 0 atom stereocenters. The zero-order valence-electron chi connectivity index (χ0n) is 24.9. The fraction of sp³-hybridized carbons (Fsp3) is 0.286. The average molecular weight is 576 g/mol. The molecule has 0 aliphatic carbocycles. The lowest BCUT2D eigenvalue weighted by atomic mass is 9.98. The van der Waals surface area contributed by atoms with Gasteiger partial charge in [0.1, 0.15) is 11.7 Å². The number of carbonyl (C=O) groups excluding carboxylic acids is 2. The quantitative estimate of drug-likeness (QED) is 0.211. The van der Waals surface area contributed by atoms with E-state index in [0.717, 1.165) is 53.0 Å². The standard InChI is InChI=1S/C35H37N5O3/c1-4-5-14-32-37-23(2)30(21-33(42)39-20-19-27-10-6-9-13-31(27)39)35(43)40(32)22-25-15-17-26(18-16-25)28-11-7-8-12-29(28)34(36)38-24(3)41/h6-13,15-18H,4-5,14,19-22H2,1-3H3,(H2,36,38,41). The van der Waals surface area contributed by atoms with Gasteiger partial charge in [0.15, 0.2) is 0 Å². The van der Waals surface area contributed by atoms with E-state index in [9.17, 15) is 14.4 Å². The van der Waals surface area contributed by atoms with Crippen molar-refractivity contribution >= 4 is 23.3 Å². The van der Waals surface area contributed by atoms with Crippen molar-refractivity contribution in [2.45, 2.75) is 59.4 Å². The highest BCUT2D eigenvalue weighted by atomic mass is 16.2. The van der Waals surface area contributed by atoms with E-state index < -0.39 is 0 Å². The van der Waals surface area contributed by atoms with Crippen molar-refractivity contribution in [2.75, 3.05) is 11.4 Å². The number of amidine groups is 1. The largest absolute Gasteiger partial charge is 0.312 e. The summed E-state index contributed by atoms with van der Waals surface area (Å²) in [6, 6.07) is 23.2. The van der Waals surface area contributed by atoms with Crippen LogP contribution in [0.1, 0.15) is 60.5 Å². The third kappa shape index (κ3) is 6.48. The number of para-hydroxylation sites is 1. The highest BCUT2D eigenvalue weighted by Gasteiger charge is 2.26. The molecule has 2 heterocycles. The number of anilines is 1. The first-order valence-electron chi connectivity index (χ1n) is 14.8. The second-order valence-corrected chi connectivity index (χ2v) is 11.0. The van der Waals surface area contributed by atoms with Gasteiger partial charge in [0.05, 0.1) is 13.0 Å². The van der Waals surface area contributed by atoms with Gasteiger partial charge < -0.3 is 10.2 Å². The Bertz CT molecular complexity index is 1740. The Labute approximate surface area is 251 Å². The van der Waals surface area contributed by atoms with Gasteiger partial charge in [-0.15, -0.1) is 0 Å². The predicted octanol–water partition coefficient (Wildman–Crippen LogP) is 5.20. The molecule has 1 aromatic heterocycles. The number of carbonyl (C=O) groups is 2. The molecule has 0 bridgehead atoms. The maximum atomic E-state index is 14.0. The first-order valence-corrected chi connectivity index (χ1v) is 14.8. The maximum Gasteiger partial charge on any atom is 0.257 e.